The van der Waals surface area contributed by atoms with Crippen molar-refractivity contribution in [3.8, 4) is 0 Å². The van der Waals surface area contributed by atoms with Crippen LogP contribution in [0.25, 0.3) is 0 Å². The van der Waals surface area contributed by atoms with Crippen LogP contribution in [0.2, 0.25) is 0 Å². The van der Waals surface area contributed by atoms with E-state index in [0.717, 1.165) is 19.0 Å². The first kappa shape index (κ1) is 5.76. The minimum Gasteiger partial charge on any atom is -0.319 e. The van der Waals surface area contributed by atoms with E-state index in [1.807, 2.05) is 13.3 Å². The zero-order chi connectivity index (χ0) is 5.82. The zero-order valence-corrected chi connectivity index (χ0v) is 5.22. The molecule has 1 aliphatic heterocycles. The molecule has 0 fully saturated rings. The molecule has 0 bridgehead atoms. The molecule has 0 spiro atoms. The number of hydrogen-bond donors (Lipinski definition) is 1. The minimum absolute atomic E-state index is 0.778. The lowest BCUT2D eigenvalue weighted by atomic mass is 10.1. The Morgan fingerprint density at radius 3 is 3.25 bits per heavy atom. The van der Waals surface area contributed by atoms with Crippen LogP contribution in [-0.2, 0) is 0 Å². The van der Waals surface area contributed by atoms with Gasteiger partial charge >= 0.3 is 0 Å². The lowest BCUT2D eigenvalue weighted by Gasteiger charge is -2.03. The summed E-state index contributed by atoms with van der Waals surface area (Å²) in [4.78, 5) is 4.12. The van der Waals surface area contributed by atoms with Crippen LogP contribution in [0, 0.1) is 5.92 Å². The van der Waals surface area contributed by atoms with Gasteiger partial charge in [0.2, 0.25) is 0 Å². The average molecular weight is 112 g/mol. The van der Waals surface area contributed by atoms with Gasteiger partial charge in [0.1, 0.15) is 0 Å². The first-order valence-electron chi connectivity index (χ1n) is 3.06. The van der Waals surface area contributed by atoms with E-state index in [2.05, 4.69) is 10.3 Å². The second kappa shape index (κ2) is 2.82. The van der Waals surface area contributed by atoms with Crippen molar-refractivity contribution in [3.05, 3.63) is 0 Å². The van der Waals surface area contributed by atoms with Gasteiger partial charge in [-0.25, -0.2) is 0 Å². The summed E-state index contributed by atoms with van der Waals surface area (Å²) in [6.07, 6.45) is 3.18. The van der Waals surface area contributed by atoms with Gasteiger partial charge in [-0.3, -0.25) is 4.99 Å². The van der Waals surface area contributed by atoms with Crippen LogP contribution < -0.4 is 5.32 Å². The normalized spacial score (nSPS) is 26.9. The van der Waals surface area contributed by atoms with Gasteiger partial charge < -0.3 is 5.32 Å². The summed E-state index contributed by atoms with van der Waals surface area (Å²) < 4.78 is 0. The highest BCUT2D eigenvalue weighted by molar-refractivity contribution is 5.59. The summed E-state index contributed by atoms with van der Waals surface area (Å²) in [7, 11) is 1.98. The third-order valence-electron chi connectivity index (χ3n) is 1.42. The Balaban J connectivity index is 2.10. The zero-order valence-electron chi connectivity index (χ0n) is 5.22. The van der Waals surface area contributed by atoms with Gasteiger partial charge in [-0.15, -0.1) is 0 Å². The standard InChI is InChI=1S/C6H12N2/c1-7-4-6-2-3-8-5-6/h3,6-7H,2,4-5H2,1H3/t6-/m1/s1. The smallest absolute Gasteiger partial charge is 0.0429 e. The Morgan fingerprint density at radius 1 is 1.88 bits per heavy atom. The number of hydrogen-bond acceptors (Lipinski definition) is 2. The number of nitrogens with one attached hydrogen (secondary N) is 1. The fourth-order valence-electron chi connectivity index (χ4n) is 0.958. The van der Waals surface area contributed by atoms with E-state index in [1.54, 1.807) is 0 Å². The summed E-state index contributed by atoms with van der Waals surface area (Å²) in [5.74, 6) is 0.778. The van der Waals surface area contributed by atoms with Gasteiger partial charge in [-0.1, -0.05) is 0 Å². The molecule has 8 heavy (non-hydrogen) atoms. The van der Waals surface area contributed by atoms with Gasteiger partial charge in [-0.2, -0.15) is 0 Å². The van der Waals surface area contributed by atoms with Crippen LogP contribution in [0.4, 0.5) is 0 Å². The summed E-state index contributed by atoms with van der Waals surface area (Å²) in [5, 5.41) is 3.13. The number of rotatable bonds is 2. The Kier molecular flexibility index (Phi) is 2.03. The molecule has 0 aromatic heterocycles. The summed E-state index contributed by atoms with van der Waals surface area (Å²) in [6.45, 7) is 2.14. The predicted molar refractivity (Wildman–Crippen MR) is 35.4 cm³/mol. The average Bonchev–Trinajstić information content (AvgIpc) is 2.19. The molecule has 1 aliphatic rings. The Labute approximate surface area is 50.0 Å². The first-order chi connectivity index (χ1) is 3.93. The first-order valence-corrected chi connectivity index (χ1v) is 3.06. The van der Waals surface area contributed by atoms with Gasteiger partial charge in [0.05, 0.1) is 0 Å². The highest BCUT2D eigenvalue weighted by atomic mass is 14.8. The maximum atomic E-state index is 4.12. The molecule has 0 unspecified atom stereocenters. The lowest BCUT2D eigenvalue weighted by molar-refractivity contribution is 0.554. The Bertz CT molecular complexity index is 80.5. The second-order valence-corrected chi connectivity index (χ2v) is 2.21. The van der Waals surface area contributed by atoms with Crippen molar-refractivity contribution in [1.82, 2.24) is 5.32 Å². The topological polar surface area (TPSA) is 24.4 Å². The predicted octanol–water partition coefficient (Wildman–Crippen LogP) is 0.296. The SMILES string of the molecule is CNC[C@H]1CC=NC1. The maximum absolute atomic E-state index is 4.12. The van der Waals surface area contributed by atoms with Gasteiger partial charge in [-0.05, 0) is 32.1 Å². The number of aliphatic imine (C=N–C) groups is 1. The molecule has 1 heterocycles. The lowest BCUT2D eigenvalue weighted by Crippen LogP contribution is -2.18. The molecule has 46 valence electrons. The van der Waals surface area contributed by atoms with E-state index in [1.165, 1.54) is 6.42 Å². The van der Waals surface area contributed by atoms with Gasteiger partial charge in [0.15, 0.2) is 0 Å². The maximum Gasteiger partial charge on any atom is 0.0429 e. The van der Waals surface area contributed by atoms with E-state index < -0.39 is 0 Å². The molecule has 0 aromatic carbocycles. The summed E-state index contributed by atoms with van der Waals surface area (Å²) >= 11 is 0. The third-order valence-corrected chi connectivity index (χ3v) is 1.42. The molecule has 1 N–H and O–H groups in total. The molecule has 0 amide bonds. The monoisotopic (exact) mass is 112 g/mol. The fraction of sp³-hybridized carbons (Fsp3) is 0.833. The van der Waals surface area contributed by atoms with Crippen LogP contribution in [0.5, 0.6) is 0 Å². The van der Waals surface area contributed by atoms with Crippen molar-refractivity contribution >= 4 is 6.21 Å². The molecule has 2 nitrogen and oxygen atoms in total. The van der Waals surface area contributed by atoms with E-state index in [9.17, 15) is 0 Å². The second-order valence-electron chi connectivity index (χ2n) is 2.21. The van der Waals surface area contributed by atoms with Crippen LogP contribution in [-0.4, -0.2) is 26.4 Å². The van der Waals surface area contributed by atoms with Crippen molar-refractivity contribution in [2.45, 2.75) is 6.42 Å². The molecule has 1 atom stereocenters. The van der Waals surface area contributed by atoms with Crippen molar-refractivity contribution < 1.29 is 0 Å². The third kappa shape index (κ3) is 1.30. The van der Waals surface area contributed by atoms with Crippen molar-refractivity contribution in [3.63, 3.8) is 0 Å². The quantitative estimate of drug-likeness (QED) is 0.545. The van der Waals surface area contributed by atoms with Crippen LogP contribution >= 0.6 is 0 Å². The molecule has 0 radical (unpaired) electrons. The van der Waals surface area contributed by atoms with Crippen molar-refractivity contribution in [1.29, 1.82) is 0 Å². The molecular formula is C6H12N2. The van der Waals surface area contributed by atoms with E-state index in [0.29, 0.717) is 0 Å². The molecule has 2 heteroatoms. The molecule has 0 saturated heterocycles. The Hall–Kier alpha value is -0.370. The molecular weight excluding hydrogens is 100 g/mol. The van der Waals surface area contributed by atoms with Gasteiger partial charge in [0, 0.05) is 6.54 Å². The molecule has 0 aliphatic carbocycles. The number of nitrogens with zero attached hydrogens (tertiary/aromatic N) is 1. The van der Waals surface area contributed by atoms with E-state index in [4.69, 9.17) is 0 Å². The summed E-state index contributed by atoms with van der Waals surface area (Å²) in [6, 6.07) is 0. The van der Waals surface area contributed by atoms with Crippen LogP contribution in [0.3, 0.4) is 0 Å². The summed E-state index contributed by atoms with van der Waals surface area (Å²) in [5.41, 5.74) is 0. The van der Waals surface area contributed by atoms with Crippen LogP contribution in [0.1, 0.15) is 6.42 Å². The minimum atomic E-state index is 0.778. The van der Waals surface area contributed by atoms with Crippen molar-refractivity contribution in [2.24, 2.45) is 10.9 Å². The fourth-order valence-corrected chi connectivity index (χ4v) is 0.958. The van der Waals surface area contributed by atoms with Crippen molar-refractivity contribution in [2.75, 3.05) is 20.1 Å². The molecule has 1 rings (SSSR count). The molecule has 0 saturated carbocycles. The van der Waals surface area contributed by atoms with Crippen LogP contribution in [0.15, 0.2) is 4.99 Å². The highest BCUT2D eigenvalue weighted by Gasteiger charge is 2.08. The van der Waals surface area contributed by atoms with E-state index >= 15 is 0 Å². The van der Waals surface area contributed by atoms with Gasteiger partial charge in [0.25, 0.3) is 0 Å². The highest BCUT2D eigenvalue weighted by Crippen LogP contribution is 2.05. The molecule has 0 aromatic rings. The Morgan fingerprint density at radius 2 is 2.75 bits per heavy atom. The van der Waals surface area contributed by atoms with E-state index in [-0.39, 0.29) is 0 Å². The largest absolute Gasteiger partial charge is 0.319 e.